The second kappa shape index (κ2) is 5.75. The summed E-state index contributed by atoms with van der Waals surface area (Å²) in [4.78, 5) is 0. The smallest absolute Gasteiger partial charge is 0.0632 e. The topological polar surface area (TPSA) is 47.3 Å². The van der Waals surface area contributed by atoms with Crippen molar-refractivity contribution in [2.45, 2.75) is 38.4 Å². The van der Waals surface area contributed by atoms with Gasteiger partial charge in [-0.05, 0) is 6.42 Å². The third-order valence-corrected chi connectivity index (χ3v) is 1.95. The van der Waals surface area contributed by atoms with Crippen LogP contribution in [0.25, 0.3) is 0 Å². The summed E-state index contributed by atoms with van der Waals surface area (Å²) in [6.45, 7) is 5.83. The highest BCUT2D eigenvalue weighted by molar-refractivity contribution is 5.85. The monoisotopic (exact) mass is 194 g/mol. The summed E-state index contributed by atoms with van der Waals surface area (Å²) in [5, 5.41) is 3.43. The van der Waals surface area contributed by atoms with E-state index in [0.29, 0.717) is 18.7 Å². The maximum atomic E-state index is 5.84. The van der Waals surface area contributed by atoms with Crippen molar-refractivity contribution in [3.63, 3.8) is 0 Å². The van der Waals surface area contributed by atoms with Crippen LogP contribution in [-0.2, 0) is 4.74 Å². The molecule has 1 saturated heterocycles. The Morgan fingerprint density at radius 3 is 2.67 bits per heavy atom. The first-order chi connectivity index (χ1) is 5.20. The molecule has 0 amide bonds. The van der Waals surface area contributed by atoms with Gasteiger partial charge in [0, 0.05) is 24.7 Å². The molecule has 0 aromatic carbocycles. The van der Waals surface area contributed by atoms with Gasteiger partial charge >= 0.3 is 0 Å². The minimum absolute atomic E-state index is 0. The molecule has 0 radical (unpaired) electrons. The largest absolute Gasteiger partial charge is 0.380 e. The molecule has 2 atom stereocenters. The van der Waals surface area contributed by atoms with E-state index in [0.717, 1.165) is 13.0 Å². The van der Waals surface area contributed by atoms with Gasteiger partial charge < -0.3 is 15.8 Å². The number of rotatable bonds is 2. The van der Waals surface area contributed by atoms with E-state index in [2.05, 4.69) is 19.2 Å². The fraction of sp³-hybridized carbons (Fsp3) is 1.00. The van der Waals surface area contributed by atoms with Gasteiger partial charge in [0.2, 0.25) is 0 Å². The summed E-state index contributed by atoms with van der Waals surface area (Å²) in [7, 11) is 0. The molecule has 1 aliphatic heterocycles. The summed E-state index contributed by atoms with van der Waals surface area (Å²) in [5.74, 6) is 0. The number of nitrogens with one attached hydrogen (secondary N) is 1. The summed E-state index contributed by atoms with van der Waals surface area (Å²) in [5.41, 5.74) is 5.84. The molecule has 1 rings (SSSR count). The third kappa shape index (κ3) is 3.72. The van der Waals surface area contributed by atoms with Gasteiger partial charge in [0.05, 0.1) is 6.61 Å². The van der Waals surface area contributed by atoms with Crippen molar-refractivity contribution in [3.8, 4) is 0 Å². The maximum Gasteiger partial charge on any atom is 0.0632 e. The molecular formula is C8H19ClN2O. The van der Waals surface area contributed by atoms with Gasteiger partial charge in [-0.25, -0.2) is 0 Å². The highest BCUT2D eigenvalue weighted by atomic mass is 35.5. The average Bonchev–Trinajstić information content (AvgIpc) is 1.93. The molecule has 0 spiro atoms. The SMILES string of the molecule is CC(C)N[C@@H]1CCOC[C@H]1N.Cl. The van der Waals surface area contributed by atoms with Gasteiger partial charge in [-0.15, -0.1) is 12.4 Å². The standard InChI is InChI=1S/C8H18N2O.ClH/c1-6(2)10-8-3-4-11-5-7(8)9;/h6-8,10H,3-5,9H2,1-2H3;1H/t7-,8-;/m1./s1. The molecule has 74 valence electrons. The van der Waals surface area contributed by atoms with Gasteiger partial charge in [0.25, 0.3) is 0 Å². The van der Waals surface area contributed by atoms with E-state index in [9.17, 15) is 0 Å². The van der Waals surface area contributed by atoms with Gasteiger partial charge in [0.1, 0.15) is 0 Å². The molecule has 12 heavy (non-hydrogen) atoms. The second-order valence-corrected chi connectivity index (χ2v) is 3.46. The Hall–Kier alpha value is 0.170. The molecule has 1 heterocycles. The number of halogens is 1. The molecule has 0 saturated carbocycles. The van der Waals surface area contributed by atoms with E-state index in [1.54, 1.807) is 0 Å². The Balaban J connectivity index is 0.00000121. The lowest BCUT2D eigenvalue weighted by Crippen LogP contribution is -2.53. The summed E-state index contributed by atoms with van der Waals surface area (Å²) in [6, 6.07) is 1.14. The average molecular weight is 195 g/mol. The minimum atomic E-state index is 0. The van der Waals surface area contributed by atoms with E-state index < -0.39 is 0 Å². The van der Waals surface area contributed by atoms with E-state index >= 15 is 0 Å². The fourth-order valence-electron chi connectivity index (χ4n) is 1.40. The molecule has 0 unspecified atom stereocenters. The van der Waals surface area contributed by atoms with E-state index in [1.807, 2.05) is 0 Å². The van der Waals surface area contributed by atoms with Crippen molar-refractivity contribution in [3.05, 3.63) is 0 Å². The number of nitrogens with two attached hydrogens (primary N) is 1. The van der Waals surface area contributed by atoms with Crippen molar-refractivity contribution in [2.75, 3.05) is 13.2 Å². The van der Waals surface area contributed by atoms with Crippen molar-refractivity contribution >= 4 is 12.4 Å². The Bertz CT molecular complexity index is 122. The normalized spacial score (nSPS) is 30.0. The Morgan fingerprint density at radius 2 is 2.17 bits per heavy atom. The zero-order chi connectivity index (χ0) is 8.27. The van der Waals surface area contributed by atoms with Crippen LogP contribution in [0, 0.1) is 0 Å². The van der Waals surface area contributed by atoms with Crippen LogP contribution in [0.1, 0.15) is 20.3 Å². The van der Waals surface area contributed by atoms with Gasteiger partial charge in [0.15, 0.2) is 0 Å². The summed E-state index contributed by atoms with van der Waals surface area (Å²) in [6.07, 6.45) is 1.04. The van der Waals surface area contributed by atoms with E-state index in [-0.39, 0.29) is 18.4 Å². The number of hydrogen-bond donors (Lipinski definition) is 2. The van der Waals surface area contributed by atoms with Crippen LogP contribution in [0.5, 0.6) is 0 Å². The van der Waals surface area contributed by atoms with E-state index in [1.165, 1.54) is 0 Å². The van der Waals surface area contributed by atoms with Crippen molar-refractivity contribution in [1.82, 2.24) is 5.32 Å². The zero-order valence-electron chi connectivity index (χ0n) is 7.75. The predicted molar refractivity (Wildman–Crippen MR) is 52.7 cm³/mol. The molecule has 3 nitrogen and oxygen atoms in total. The van der Waals surface area contributed by atoms with Crippen LogP contribution < -0.4 is 11.1 Å². The highest BCUT2D eigenvalue weighted by Gasteiger charge is 2.21. The minimum Gasteiger partial charge on any atom is -0.380 e. The second-order valence-electron chi connectivity index (χ2n) is 3.46. The molecule has 4 heteroatoms. The van der Waals surface area contributed by atoms with E-state index in [4.69, 9.17) is 10.5 Å². The molecular weight excluding hydrogens is 176 g/mol. The maximum absolute atomic E-state index is 5.84. The Labute approximate surface area is 80.4 Å². The first-order valence-electron chi connectivity index (χ1n) is 4.29. The lowest BCUT2D eigenvalue weighted by atomic mass is 10.0. The molecule has 0 bridgehead atoms. The zero-order valence-corrected chi connectivity index (χ0v) is 8.56. The van der Waals surface area contributed by atoms with Crippen LogP contribution in [0.3, 0.4) is 0 Å². The van der Waals surface area contributed by atoms with Crippen LogP contribution in [0.4, 0.5) is 0 Å². The summed E-state index contributed by atoms with van der Waals surface area (Å²) >= 11 is 0. The molecule has 1 aliphatic rings. The molecule has 1 fully saturated rings. The molecule has 0 aromatic heterocycles. The molecule has 0 aromatic rings. The van der Waals surface area contributed by atoms with Crippen molar-refractivity contribution in [1.29, 1.82) is 0 Å². The van der Waals surface area contributed by atoms with Gasteiger partial charge in [-0.1, -0.05) is 13.8 Å². The first-order valence-corrected chi connectivity index (χ1v) is 4.29. The third-order valence-electron chi connectivity index (χ3n) is 1.95. The lowest BCUT2D eigenvalue weighted by molar-refractivity contribution is 0.0599. The number of hydrogen-bond acceptors (Lipinski definition) is 3. The Kier molecular flexibility index (Phi) is 5.84. The van der Waals surface area contributed by atoms with Crippen LogP contribution >= 0.6 is 12.4 Å². The van der Waals surface area contributed by atoms with Crippen LogP contribution in [-0.4, -0.2) is 31.3 Å². The van der Waals surface area contributed by atoms with Crippen LogP contribution in [0.15, 0.2) is 0 Å². The number of ether oxygens (including phenoxy) is 1. The molecule has 0 aliphatic carbocycles. The lowest BCUT2D eigenvalue weighted by Gasteiger charge is -2.30. The van der Waals surface area contributed by atoms with Crippen molar-refractivity contribution < 1.29 is 4.74 Å². The quantitative estimate of drug-likeness (QED) is 0.674. The van der Waals surface area contributed by atoms with Gasteiger partial charge in [-0.2, -0.15) is 0 Å². The predicted octanol–water partition coefficient (Wildman–Crippen LogP) is 0.522. The Morgan fingerprint density at radius 1 is 1.50 bits per heavy atom. The molecule has 3 N–H and O–H groups in total. The highest BCUT2D eigenvalue weighted by Crippen LogP contribution is 2.06. The first kappa shape index (κ1) is 12.2. The van der Waals surface area contributed by atoms with Gasteiger partial charge in [-0.3, -0.25) is 0 Å². The summed E-state index contributed by atoms with van der Waals surface area (Å²) < 4.78 is 5.23. The van der Waals surface area contributed by atoms with Crippen LogP contribution in [0.2, 0.25) is 0 Å². The fourth-order valence-corrected chi connectivity index (χ4v) is 1.40. The van der Waals surface area contributed by atoms with Crippen molar-refractivity contribution in [2.24, 2.45) is 5.73 Å².